The third kappa shape index (κ3) is 3.76. The molecule has 110 valence electrons. The zero-order valence-corrected chi connectivity index (χ0v) is 13.5. The van der Waals surface area contributed by atoms with E-state index in [1.54, 1.807) is 18.2 Å². The van der Waals surface area contributed by atoms with Crippen LogP contribution in [-0.2, 0) is 0 Å². The van der Waals surface area contributed by atoms with Gasteiger partial charge >= 0.3 is 0 Å². The fraction of sp³-hybridized carbons (Fsp3) is 0.188. The van der Waals surface area contributed by atoms with E-state index in [9.17, 15) is 4.79 Å². The number of nitrogens with two attached hydrogens (primary N) is 1. The molecule has 21 heavy (non-hydrogen) atoms. The molecule has 0 spiro atoms. The summed E-state index contributed by atoms with van der Waals surface area (Å²) in [5.41, 5.74) is 7.75. The number of benzene rings is 2. The smallest absolute Gasteiger partial charge is 0.255 e. The van der Waals surface area contributed by atoms with Gasteiger partial charge in [0.15, 0.2) is 0 Å². The highest BCUT2D eigenvalue weighted by Crippen LogP contribution is 2.23. The lowest BCUT2D eigenvalue weighted by Crippen LogP contribution is -2.27. The highest BCUT2D eigenvalue weighted by Gasteiger charge is 2.15. The Hall–Kier alpha value is -2.01. The summed E-state index contributed by atoms with van der Waals surface area (Å²) in [6.07, 6.45) is 0. The molecule has 0 aliphatic heterocycles. The zero-order chi connectivity index (χ0) is 15.4. The molecule has 0 saturated heterocycles. The molecule has 1 atom stereocenters. The molecule has 5 heteroatoms. The first-order valence-corrected chi connectivity index (χ1v) is 7.30. The van der Waals surface area contributed by atoms with Crippen molar-refractivity contribution in [1.82, 2.24) is 5.32 Å². The maximum absolute atomic E-state index is 12.3. The lowest BCUT2D eigenvalue weighted by atomic mass is 10.1. The van der Waals surface area contributed by atoms with Gasteiger partial charge in [-0.05, 0) is 36.8 Å². The van der Waals surface area contributed by atoms with Crippen LogP contribution in [0.4, 0.5) is 5.69 Å². The molecule has 2 aromatic rings. The highest BCUT2D eigenvalue weighted by molar-refractivity contribution is 9.10. The Morgan fingerprint density at radius 1 is 1.24 bits per heavy atom. The van der Waals surface area contributed by atoms with E-state index in [4.69, 9.17) is 10.5 Å². The normalized spacial score (nSPS) is 11.8. The van der Waals surface area contributed by atoms with Gasteiger partial charge in [0.05, 0.1) is 18.7 Å². The number of hydrogen-bond acceptors (Lipinski definition) is 3. The fourth-order valence-electron chi connectivity index (χ4n) is 2.00. The van der Waals surface area contributed by atoms with Crippen molar-refractivity contribution in [2.75, 3.05) is 12.8 Å². The predicted octanol–water partition coefficient (Wildman–Crippen LogP) is 3.53. The van der Waals surface area contributed by atoms with Crippen LogP contribution < -0.4 is 15.8 Å². The number of rotatable bonds is 4. The molecule has 0 saturated carbocycles. The molecule has 4 nitrogen and oxygen atoms in total. The first-order chi connectivity index (χ1) is 10.0. The number of carbonyl (C=O) groups is 1. The first kappa shape index (κ1) is 15.4. The molecule has 0 fully saturated rings. The lowest BCUT2D eigenvalue weighted by Gasteiger charge is -2.16. The molecular weight excluding hydrogens is 332 g/mol. The average Bonchev–Trinajstić information content (AvgIpc) is 2.47. The molecular formula is C16H17BrN2O2. The van der Waals surface area contributed by atoms with Crippen LogP contribution in [0.1, 0.15) is 28.9 Å². The van der Waals surface area contributed by atoms with E-state index < -0.39 is 0 Å². The fourth-order valence-corrected chi connectivity index (χ4v) is 2.27. The Morgan fingerprint density at radius 3 is 2.52 bits per heavy atom. The minimum atomic E-state index is -0.192. The molecule has 0 bridgehead atoms. The molecule has 0 unspecified atom stereocenters. The second kappa shape index (κ2) is 6.63. The van der Waals surface area contributed by atoms with Crippen molar-refractivity contribution >= 4 is 27.5 Å². The molecule has 2 rings (SSSR count). The van der Waals surface area contributed by atoms with Gasteiger partial charge in [-0.3, -0.25) is 4.79 Å². The number of hydrogen-bond donors (Lipinski definition) is 2. The van der Waals surface area contributed by atoms with E-state index in [-0.39, 0.29) is 11.9 Å². The quantitative estimate of drug-likeness (QED) is 0.830. The summed E-state index contributed by atoms with van der Waals surface area (Å²) in [4.78, 5) is 12.3. The summed E-state index contributed by atoms with van der Waals surface area (Å²) < 4.78 is 6.21. The van der Waals surface area contributed by atoms with E-state index in [1.807, 2.05) is 31.2 Å². The van der Waals surface area contributed by atoms with Crippen molar-refractivity contribution in [1.29, 1.82) is 0 Å². The maximum atomic E-state index is 12.3. The number of carbonyl (C=O) groups excluding carboxylic acids is 1. The summed E-state index contributed by atoms with van der Waals surface area (Å²) in [6.45, 7) is 1.94. The van der Waals surface area contributed by atoms with Crippen molar-refractivity contribution < 1.29 is 9.53 Å². The first-order valence-electron chi connectivity index (χ1n) is 6.51. The Balaban J connectivity index is 2.16. The highest BCUT2D eigenvalue weighted by atomic mass is 79.9. The Kier molecular flexibility index (Phi) is 4.85. The van der Waals surface area contributed by atoms with Crippen LogP contribution in [0.15, 0.2) is 46.9 Å². The molecule has 0 aliphatic rings. The number of ether oxygens (including phenoxy) is 1. The van der Waals surface area contributed by atoms with Gasteiger partial charge in [0.1, 0.15) is 5.75 Å². The summed E-state index contributed by atoms with van der Waals surface area (Å²) in [6, 6.07) is 12.7. The molecule has 3 N–H and O–H groups in total. The third-order valence-electron chi connectivity index (χ3n) is 3.19. The average molecular weight is 349 g/mol. The van der Waals surface area contributed by atoms with Gasteiger partial charge in [-0.25, -0.2) is 0 Å². The molecule has 0 radical (unpaired) electrons. The third-order valence-corrected chi connectivity index (χ3v) is 3.72. The number of anilines is 1. The van der Waals surface area contributed by atoms with E-state index in [0.717, 1.165) is 10.0 Å². The largest absolute Gasteiger partial charge is 0.496 e. The van der Waals surface area contributed by atoms with Crippen LogP contribution in [-0.4, -0.2) is 13.0 Å². The standard InChI is InChI=1S/C16H17BrN2O2/c1-10(11-3-5-12(17)6-4-11)19-16(20)14-8-7-13(18)9-15(14)21-2/h3-10H,18H2,1-2H3,(H,19,20)/t10-/m1/s1. The number of amides is 1. The number of nitrogens with one attached hydrogen (secondary N) is 1. The maximum Gasteiger partial charge on any atom is 0.255 e. The van der Waals surface area contributed by atoms with Crippen LogP contribution in [0.5, 0.6) is 5.75 Å². The Morgan fingerprint density at radius 2 is 1.90 bits per heavy atom. The van der Waals surface area contributed by atoms with Gasteiger partial charge in [-0.1, -0.05) is 28.1 Å². The molecule has 0 heterocycles. The van der Waals surface area contributed by atoms with Gasteiger partial charge in [0, 0.05) is 16.2 Å². The van der Waals surface area contributed by atoms with Gasteiger partial charge in [0.25, 0.3) is 5.91 Å². The van der Waals surface area contributed by atoms with Gasteiger partial charge in [-0.15, -0.1) is 0 Å². The van der Waals surface area contributed by atoms with E-state index in [1.165, 1.54) is 7.11 Å². The number of methoxy groups -OCH3 is 1. The van der Waals surface area contributed by atoms with Crippen LogP contribution in [0.2, 0.25) is 0 Å². The molecule has 2 aromatic carbocycles. The van der Waals surface area contributed by atoms with Gasteiger partial charge in [0.2, 0.25) is 0 Å². The molecule has 1 amide bonds. The van der Waals surface area contributed by atoms with Crippen molar-refractivity contribution in [2.45, 2.75) is 13.0 Å². The molecule has 0 aromatic heterocycles. The second-order valence-electron chi connectivity index (χ2n) is 4.71. The van der Waals surface area contributed by atoms with Crippen LogP contribution in [0, 0.1) is 0 Å². The van der Waals surface area contributed by atoms with Gasteiger partial charge < -0.3 is 15.8 Å². The SMILES string of the molecule is COc1cc(N)ccc1C(=O)N[C@H](C)c1ccc(Br)cc1. The van der Waals surface area contributed by atoms with Gasteiger partial charge in [-0.2, -0.15) is 0 Å². The minimum absolute atomic E-state index is 0.104. The van der Waals surface area contributed by atoms with Crippen LogP contribution in [0.25, 0.3) is 0 Å². The van der Waals surface area contributed by atoms with Crippen molar-refractivity contribution in [3.8, 4) is 5.75 Å². The van der Waals surface area contributed by atoms with E-state index in [0.29, 0.717) is 17.0 Å². The Labute approximate surface area is 132 Å². The van der Waals surface area contributed by atoms with Crippen molar-refractivity contribution in [3.05, 3.63) is 58.1 Å². The van der Waals surface area contributed by atoms with Crippen LogP contribution in [0.3, 0.4) is 0 Å². The zero-order valence-electron chi connectivity index (χ0n) is 11.9. The summed E-state index contributed by atoms with van der Waals surface area (Å²) in [5.74, 6) is 0.276. The topological polar surface area (TPSA) is 64.3 Å². The monoisotopic (exact) mass is 348 g/mol. The van der Waals surface area contributed by atoms with E-state index in [2.05, 4.69) is 21.2 Å². The van der Waals surface area contributed by atoms with Crippen molar-refractivity contribution in [3.63, 3.8) is 0 Å². The van der Waals surface area contributed by atoms with E-state index >= 15 is 0 Å². The summed E-state index contributed by atoms with van der Waals surface area (Å²) >= 11 is 3.39. The van der Waals surface area contributed by atoms with Crippen LogP contribution >= 0.6 is 15.9 Å². The minimum Gasteiger partial charge on any atom is -0.496 e. The summed E-state index contributed by atoms with van der Waals surface area (Å²) in [5, 5.41) is 2.95. The second-order valence-corrected chi connectivity index (χ2v) is 5.62. The predicted molar refractivity (Wildman–Crippen MR) is 87.4 cm³/mol. The molecule has 0 aliphatic carbocycles. The van der Waals surface area contributed by atoms with Crippen molar-refractivity contribution in [2.24, 2.45) is 0 Å². The number of halogens is 1. The Bertz CT molecular complexity index is 641. The summed E-state index contributed by atoms with van der Waals surface area (Å²) in [7, 11) is 1.52. The number of nitrogen functional groups attached to an aromatic ring is 1. The lowest BCUT2D eigenvalue weighted by molar-refractivity contribution is 0.0937.